The number of nitrogens with two attached hydrogens (primary N) is 1. The summed E-state index contributed by atoms with van der Waals surface area (Å²) in [5.74, 6) is -2.56. The van der Waals surface area contributed by atoms with Crippen molar-refractivity contribution >= 4 is 29.1 Å². The maximum Gasteiger partial charge on any atom is 0.345 e. The number of hydrogen-bond acceptors (Lipinski definition) is 6. The van der Waals surface area contributed by atoms with Crippen molar-refractivity contribution in [2.75, 3.05) is 6.61 Å². The summed E-state index contributed by atoms with van der Waals surface area (Å²) in [6.07, 6.45) is 5.39. The van der Waals surface area contributed by atoms with E-state index in [-0.39, 0.29) is 44.7 Å². The van der Waals surface area contributed by atoms with Crippen LogP contribution in [0.25, 0.3) is 27.9 Å². The van der Waals surface area contributed by atoms with Crippen LogP contribution >= 0.6 is 23.2 Å². The summed E-state index contributed by atoms with van der Waals surface area (Å²) in [6.45, 7) is -3.44. The van der Waals surface area contributed by atoms with Crippen molar-refractivity contribution < 1.29 is 37.0 Å². The molecule has 3 N–H and O–H groups in total. The number of pyridine rings is 1. The van der Waals surface area contributed by atoms with Crippen LogP contribution in [0.5, 0.6) is 0 Å². The molecule has 5 aromatic rings. The van der Waals surface area contributed by atoms with Crippen molar-refractivity contribution in [2.24, 2.45) is 5.73 Å². The van der Waals surface area contributed by atoms with E-state index in [1.807, 2.05) is 0 Å². The van der Waals surface area contributed by atoms with Gasteiger partial charge in [-0.1, -0.05) is 34.5 Å². The number of alkyl halides is 2. The zero-order chi connectivity index (χ0) is 30.8. The molecule has 10 nitrogen and oxygen atoms in total. The standard InChI is InChI=1S/C27H19Cl2F4N7O3/c28-18-4-6-22(39-13-23(29)36-37-39)24(25(18)31)15-2-5-21(40(42)12-15)20(7-8-43-27(32)33)38-11-16(10-35-38)14-1-3-17(26(34)41)19(30)9-14/h1-6,9-13,20,27H,7-8H2,(H2-,34,41,42)/p+1/t20-/m1/s1. The molecule has 16 heteroatoms. The zero-order valence-electron chi connectivity index (χ0n) is 21.7. The number of primary amides is 1. The van der Waals surface area contributed by atoms with Gasteiger partial charge in [0.05, 0.1) is 46.4 Å². The molecule has 0 bridgehead atoms. The number of ether oxygens (including phenoxy) is 1. The van der Waals surface area contributed by atoms with Gasteiger partial charge in [0.15, 0.2) is 11.0 Å². The Morgan fingerprint density at radius 2 is 1.84 bits per heavy atom. The minimum Gasteiger partial charge on any atom is -0.366 e. The monoisotopic (exact) mass is 636 g/mol. The number of carbonyl (C=O) groups is 1. The molecule has 0 unspecified atom stereocenters. The van der Waals surface area contributed by atoms with Crippen LogP contribution in [-0.2, 0) is 4.74 Å². The predicted molar refractivity (Wildman–Crippen MR) is 145 cm³/mol. The van der Waals surface area contributed by atoms with Gasteiger partial charge in [0.25, 0.3) is 11.6 Å². The van der Waals surface area contributed by atoms with Gasteiger partial charge in [-0.25, -0.2) is 13.5 Å². The highest BCUT2D eigenvalue weighted by molar-refractivity contribution is 6.31. The van der Waals surface area contributed by atoms with Crippen molar-refractivity contribution in [3.05, 3.63) is 100 Å². The third kappa shape index (κ3) is 6.30. The summed E-state index contributed by atoms with van der Waals surface area (Å²) in [7, 11) is 0. The van der Waals surface area contributed by atoms with Crippen molar-refractivity contribution in [3.8, 4) is 27.9 Å². The molecule has 0 spiro atoms. The molecule has 0 saturated heterocycles. The van der Waals surface area contributed by atoms with Crippen LogP contribution in [0.3, 0.4) is 0 Å². The molecule has 0 aliphatic heterocycles. The highest BCUT2D eigenvalue weighted by Crippen LogP contribution is 2.34. The Morgan fingerprint density at radius 1 is 1.07 bits per heavy atom. The number of nitrogens with zero attached hydrogens (tertiary/aromatic N) is 6. The van der Waals surface area contributed by atoms with Crippen LogP contribution in [0.2, 0.25) is 10.2 Å². The van der Waals surface area contributed by atoms with Gasteiger partial charge in [-0.05, 0) is 35.9 Å². The van der Waals surface area contributed by atoms with Crippen LogP contribution in [0.1, 0.15) is 28.5 Å². The van der Waals surface area contributed by atoms with Crippen LogP contribution in [-0.4, -0.2) is 49.1 Å². The summed E-state index contributed by atoms with van der Waals surface area (Å²) in [5, 5.41) is 22.8. The fourth-order valence-corrected chi connectivity index (χ4v) is 4.80. The van der Waals surface area contributed by atoms with E-state index in [0.717, 1.165) is 6.07 Å². The van der Waals surface area contributed by atoms with Gasteiger partial charge < -0.3 is 10.5 Å². The van der Waals surface area contributed by atoms with Crippen LogP contribution in [0.4, 0.5) is 17.6 Å². The van der Waals surface area contributed by atoms with E-state index in [1.165, 1.54) is 70.5 Å². The van der Waals surface area contributed by atoms with Gasteiger partial charge in [0, 0.05) is 29.0 Å². The number of halogens is 6. The quantitative estimate of drug-likeness (QED) is 0.123. The number of carbonyl (C=O) groups excluding carboxylic acids is 1. The predicted octanol–water partition coefficient (Wildman–Crippen LogP) is 5.23. The highest BCUT2D eigenvalue weighted by Gasteiger charge is 2.28. The van der Waals surface area contributed by atoms with E-state index in [9.17, 15) is 23.2 Å². The molecule has 0 aliphatic rings. The van der Waals surface area contributed by atoms with Gasteiger partial charge in [-0.2, -0.15) is 13.9 Å². The molecule has 222 valence electrons. The van der Waals surface area contributed by atoms with Crippen LogP contribution in [0, 0.1) is 11.6 Å². The molecule has 0 aliphatic carbocycles. The SMILES string of the molecule is NC(=O)c1ccc(-c2cnn([C@H](CCOC(F)F)c3ccc(-c4c(-n5cc(Cl)nn5)ccc(Cl)c4F)c[n+]3O)c2)cc1F. The first-order chi connectivity index (χ1) is 20.5. The van der Waals surface area contributed by atoms with E-state index in [1.54, 1.807) is 0 Å². The lowest BCUT2D eigenvalue weighted by Crippen LogP contribution is -2.38. The summed E-state index contributed by atoms with van der Waals surface area (Å²) in [6, 6.07) is 8.70. The Bertz CT molecular complexity index is 1820. The van der Waals surface area contributed by atoms with Crippen LogP contribution < -0.4 is 10.5 Å². The molecule has 3 aromatic heterocycles. The molecule has 3 heterocycles. The van der Waals surface area contributed by atoms with E-state index in [4.69, 9.17) is 28.9 Å². The lowest BCUT2D eigenvalue weighted by Gasteiger charge is -2.15. The third-order valence-corrected chi connectivity index (χ3v) is 6.96. The van der Waals surface area contributed by atoms with E-state index < -0.39 is 36.8 Å². The lowest BCUT2D eigenvalue weighted by atomic mass is 10.0. The molecule has 0 radical (unpaired) electrons. The molecule has 0 saturated carbocycles. The summed E-state index contributed by atoms with van der Waals surface area (Å²) < 4.78 is 63.0. The minimum absolute atomic E-state index is 0.0242. The number of aromatic nitrogens is 6. The van der Waals surface area contributed by atoms with Crippen LogP contribution in [0.15, 0.2) is 67.3 Å². The molecular formula is C27H20Cl2F4N7O3+. The molecular weight excluding hydrogens is 617 g/mol. The maximum atomic E-state index is 15.3. The molecule has 0 fully saturated rings. The Morgan fingerprint density at radius 3 is 2.49 bits per heavy atom. The Kier molecular flexibility index (Phi) is 8.62. The largest absolute Gasteiger partial charge is 0.366 e. The number of hydrogen-bond donors (Lipinski definition) is 2. The first-order valence-corrected chi connectivity index (χ1v) is 13.1. The van der Waals surface area contributed by atoms with Crippen molar-refractivity contribution in [2.45, 2.75) is 19.1 Å². The zero-order valence-corrected chi connectivity index (χ0v) is 23.2. The summed E-state index contributed by atoms with van der Waals surface area (Å²) in [4.78, 5) is 11.4. The number of benzene rings is 2. The van der Waals surface area contributed by atoms with Gasteiger partial charge >= 0.3 is 6.61 Å². The second-order valence-corrected chi connectivity index (χ2v) is 9.93. The second kappa shape index (κ2) is 12.4. The van der Waals surface area contributed by atoms with Gasteiger partial charge in [0.1, 0.15) is 11.9 Å². The molecule has 1 amide bonds. The fraction of sp³-hybridized carbons (Fsp3) is 0.148. The van der Waals surface area contributed by atoms with E-state index in [0.29, 0.717) is 15.9 Å². The third-order valence-electron chi connectivity index (χ3n) is 6.50. The lowest BCUT2D eigenvalue weighted by molar-refractivity contribution is -0.910. The Hall–Kier alpha value is -4.53. The average molecular weight is 637 g/mol. The summed E-state index contributed by atoms with van der Waals surface area (Å²) in [5.41, 5.74) is 6.22. The van der Waals surface area contributed by atoms with Crippen molar-refractivity contribution in [1.29, 1.82) is 0 Å². The molecule has 5 rings (SSSR count). The van der Waals surface area contributed by atoms with Gasteiger partial charge in [0.2, 0.25) is 6.20 Å². The fourth-order valence-electron chi connectivity index (χ4n) is 4.52. The van der Waals surface area contributed by atoms with E-state index in [2.05, 4.69) is 20.1 Å². The topological polar surface area (TPSA) is 125 Å². The molecule has 1 atom stereocenters. The Balaban J connectivity index is 1.54. The summed E-state index contributed by atoms with van der Waals surface area (Å²) >= 11 is 11.9. The van der Waals surface area contributed by atoms with Gasteiger partial charge in [-0.3, -0.25) is 14.7 Å². The van der Waals surface area contributed by atoms with Crippen molar-refractivity contribution in [1.82, 2.24) is 24.8 Å². The number of rotatable bonds is 10. The van der Waals surface area contributed by atoms with Gasteiger partial charge in [-0.15, -0.1) is 5.10 Å². The van der Waals surface area contributed by atoms with E-state index >= 15 is 4.39 Å². The normalized spacial score (nSPS) is 12.2. The second-order valence-electron chi connectivity index (χ2n) is 9.13. The highest BCUT2D eigenvalue weighted by atomic mass is 35.5. The van der Waals surface area contributed by atoms with Crippen molar-refractivity contribution in [3.63, 3.8) is 0 Å². The Labute approximate surface area is 250 Å². The first-order valence-electron chi connectivity index (χ1n) is 12.4. The number of amides is 1. The molecule has 2 aromatic carbocycles. The smallest absolute Gasteiger partial charge is 0.345 e. The maximum absolute atomic E-state index is 15.3. The molecule has 43 heavy (non-hydrogen) atoms. The first kappa shape index (κ1) is 29.9. The minimum atomic E-state index is -3.03. The average Bonchev–Trinajstić information content (AvgIpc) is 3.62.